The number of fused-ring (bicyclic) bond motifs is 1. The van der Waals surface area contributed by atoms with Gasteiger partial charge >= 0.3 is 7.05 Å². The molecule has 1 heterocycles. The molecule has 7 heteroatoms. The minimum Gasteiger partial charge on any atom is -0.427 e. The first-order valence-electron chi connectivity index (χ1n) is 4.66. The van der Waals surface area contributed by atoms with Crippen LogP contribution in [0.4, 0.5) is 0 Å². The zero-order valence-corrected chi connectivity index (χ0v) is 10.1. The molecule has 16 heavy (non-hydrogen) atoms. The summed E-state index contributed by atoms with van der Waals surface area (Å²) in [4.78, 5) is 1.33. The third-order valence-corrected chi connectivity index (χ3v) is 3.05. The lowest BCUT2D eigenvalue weighted by atomic mass is 9.70. The van der Waals surface area contributed by atoms with E-state index in [2.05, 4.69) is 10.4 Å². The maximum absolute atomic E-state index is 10.1. The molecule has 0 aromatic heterocycles. The Morgan fingerprint density at radius 2 is 2.38 bits per heavy atom. The first-order valence-corrected chi connectivity index (χ1v) is 5.45. The molecule has 2 N–H and O–H groups in total. The molecule has 0 fully saturated rings. The van der Waals surface area contributed by atoms with Gasteiger partial charge in [0.15, 0.2) is 5.11 Å². The number of rotatable bonds is 0. The fourth-order valence-electron chi connectivity index (χ4n) is 1.51. The van der Waals surface area contributed by atoms with Crippen molar-refractivity contribution in [1.29, 1.82) is 0 Å². The molecule has 4 nitrogen and oxygen atoms in total. The van der Waals surface area contributed by atoms with Crippen LogP contribution in [0.1, 0.15) is 5.56 Å². The normalized spacial score (nSPS) is 13.7. The van der Waals surface area contributed by atoms with Gasteiger partial charge in [0.1, 0.15) is 0 Å². The Bertz CT molecular complexity index is 468. The van der Waals surface area contributed by atoms with Crippen molar-refractivity contribution in [1.82, 2.24) is 10.2 Å². The van der Waals surface area contributed by atoms with Crippen molar-refractivity contribution >= 4 is 47.7 Å². The van der Waals surface area contributed by atoms with Crippen molar-refractivity contribution in [2.24, 2.45) is 5.10 Å². The highest BCUT2D eigenvalue weighted by molar-refractivity contribution is 7.80. The lowest BCUT2D eigenvalue weighted by Crippen LogP contribution is -2.54. The minimum atomic E-state index is -0.904. The van der Waals surface area contributed by atoms with Gasteiger partial charge in [-0.25, -0.2) is 0 Å². The van der Waals surface area contributed by atoms with Crippen LogP contribution in [0.15, 0.2) is 23.3 Å². The first-order chi connectivity index (χ1) is 7.65. The summed E-state index contributed by atoms with van der Waals surface area (Å²) in [5.41, 5.74) is 1.42. The predicted octanol–water partition coefficient (Wildman–Crippen LogP) is 0.181. The largest absolute Gasteiger partial charge is 0.473 e. The first kappa shape index (κ1) is 11.4. The fourth-order valence-corrected chi connectivity index (χ4v) is 1.89. The van der Waals surface area contributed by atoms with Crippen LogP contribution in [0.5, 0.6) is 0 Å². The topological polar surface area (TPSA) is 47.9 Å². The van der Waals surface area contributed by atoms with Gasteiger partial charge in [-0.15, -0.1) is 0 Å². The lowest BCUT2D eigenvalue weighted by molar-refractivity contribution is 0.490. The Morgan fingerprint density at radius 1 is 1.62 bits per heavy atom. The maximum atomic E-state index is 10.1. The molecule has 1 aromatic carbocycles. The number of halogens is 1. The van der Waals surface area contributed by atoms with E-state index in [0.717, 1.165) is 5.56 Å². The number of nitrogens with zero attached hydrogens (tertiary/aromatic N) is 2. The van der Waals surface area contributed by atoms with Crippen molar-refractivity contribution in [2.75, 3.05) is 7.05 Å². The molecule has 0 radical (unpaired) electrons. The highest BCUT2D eigenvalue weighted by Crippen LogP contribution is 2.15. The lowest BCUT2D eigenvalue weighted by Gasteiger charge is -2.26. The summed E-state index contributed by atoms with van der Waals surface area (Å²) < 4.78 is 0. The smallest absolute Gasteiger partial charge is 0.427 e. The van der Waals surface area contributed by atoms with E-state index in [1.54, 1.807) is 31.5 Å². The summed E-state index contributed by atoms with van der Waals surface area (Å²) >= 11 is 11.0. The zero-order chi connectivity index (χ0) is 11.7. The minimum absolute atomic E-state index is 0.356. The van der Waals surface area contributed by atoms with E-state index in [1.165, 1.54) is 4.92 Å². The Hall–Kier alpha value is -1.11. The fraction of sp³-hybridized carbons (Fsp3) is 0.111. The van der Waals surface area contributed by atoms with Crippen LogP contribution in [0.25, 0.3) is 0 Å². The van der Waals surface area contributed by atoms with Crippen LogP contribution in [0.2, 0.25) is 5.02 Å². The van der Waals surface area contributed by atoms with Crippen molar-refractivity contribution in [3.8, 4) is 0 Å². The molecule has 0 unspecified atom stereocenters. The molecule has 1 aromatic rings. The van der Waals surface area contributed by atoms with Gasteiger partial charge in [0.2, 0.25) is 0 Å². The van der Waals surface area contributed by atoms with E-state index in [0.29, 0.717) is 15.6 Å². The van der Waals surface area contributed by atoms with E-state index >= 15 is 0 Å². The van der Waals surface area contributed by atoms with Crippen LogP contribution in [0, 0.1) is 0 Å². The highest BCUT2D eigenvalue weighted by atomic mass is 35.5. The monoisotopic (exact) mass is 253 g/mol. The number of hydrogen-bond acceptors (Lipinski definition) is 3. The molecule has 0 amide bonds. The van der Waals surface area contributed by atoms with Gasteiger partial charge < -0.3 is 10.3 Å². The van der Waals surface area contributed by atoms with E-state index < -0.39 is 7.05 Å². The average Bonchev–Trinajstić information content (AvgIpc) is 2.30. The second kappa shape index (κ2) is 4.41. The number of thiocarbonyl (C=S) groups is 1. The summed E-state index contributed by atoms with van der Waals surface area (Å²) in [6.07, 6.45) is 1.59. The maximum Gasteiger partial charge on any atom is 0.473 e. The third-order valence-electron chi connectivity index (χ3n) is 2.33. The molecule has 0 bridgehead atoms. The van der Waals surface area contributed by atoms with Gasteiger partial charge in [0.05, 0.1) is 6.21 Å². The summed E-state index contributed by atoms with van der Waals surface area (Å²) in [5, 5.41) is 17.8. The SMILES string of the molecule is CNC(=S)N1N=Cc2c(Cl)cccc2B1O. The summed E-state index contributed by atoms with van der Waals surface area (Å²) in [5.74, 6) is 0. The van der Waals surface area contributed by atoms with Gasteiger partial charge in [0, 0.05) is 17.6 Å². The molecule has 0 spiro atoms. The standard InChI is InChI=1S/C9H9BClN3OS/c1-12-9(16)14-10(15)7-3-2-4-8(11)6(7)5-13-14/h2-5,15H,1H3,(H,12,16). The van der Waals surface area contributed by atoms with E-state index in [9.17, 15) is 5.02 Å². The molecule has 0 atom stereocenters. The average molecular weight is 254 g/mol. The van der Waals surface area contributed by atoms with E-state index in [-0.39, 0.29) is 0 Å². The van der Waals surface area contributed by atoms with Crippen LogP contribution in [-0.2, 0) is 0 Å². The summed E-state index contributed by atoms with van der Waals surface area (Å²) in [7, 11) is 0.775. The van der Waals surface area contributed by atoms with Gasteiger partial charge in [-0.1, -0.05) is 23.7 Å². The molecule has 0 saturated heterocycles. The van der Waals surface area contributed by atoms with Gasteiger partial charge in [-0.05, 0) is 23.7 Å². The van der Waals surface area contributed by atoms with Crippen LogP contribution < -0.4 is 10.8 Å². The molecular formula is C9H9BClN3OS. The molecule has 1 aliphatic heterocycles. The summed E-state index contributed by atoms with van der Waals surface area (Å²) in [6, 6.07) is 5.33. The Kier molecular flexibility index (Phi) is 3.14. The molecule has 2 rings (SSSR count). The number of hydrazone groups is 1. The van der Waals surface area contributed by atoms with E-state index in [1.807, 2.05) is 0 Å². The van der Waals surface area contributed by atoms with E-state index in [4.69, 9.17) is 23.8 Å². The number of nitrogens with one attached hydrogen (secondary N) is 1. The Balaban J connectivity index is 2.43. The molecule has 0 aliphatic carbocycles. The quantitative estimate of drug-likeness (QED) is 0.512. The van der Waals surface area contributed by atoms with Crippen molar-refractivity contribution in [3.63, 3.8) is 0 Å². The highest BCUT2D eigenvalue weighted by Gasteiger charge is 2.31. The predicted molar refractivity (Wildman–Crippen MR) is 70.1 cm³/mol. The number of hydrogen-bond donors (Lipinski definition) is 2. The van der Waals surface area contributed by atoms with Crippen molar-refractivity contribution in [2.45, 2.75) is 0 Å². The van der Waals surface area contributed by atoms with Gasteiger partial charge in [0.25, 0.3) is 0 Å². The van der Waals surface area contributed by atoms with Crippen LogP contribution in [-0.4, -0.2) is 35.4 Å². The molecule has 82 valence electrons. The van der Waals surface area contributed by atoms with Crippen molar-refractivity contribution < 1.29 is 5.02 Å². The Labute approximate surface area is 104 Å². The van der Waals surface area contributed by atoms with Gasteiger partial charge in [-0.3, -0.25) is 4.92 Å². The third kappa shape index (κ3) is 1.79. The molecular weight excluding hydrogens is 244 g/mol. The molecule has 0 saturated carbocycles. The van der Waals surface area contributed by atoms with Crippen LogP contribution in [0.3, 0.4) is 0 Å². The number of benzene rings is 1. The summed E-state index contributed by atoms with van der Waals surface area (Å²) in [6.45, 7) is 0. The molecule has 1 aliphatic rings. The zero-order valence-electron chi connectivity index (χ0n) is 8.51. The Morgan fingerprint density at radius 3 is 3.06 bits per heavy atom. The van der Waals surface area contributed by atoms with Crippen LogP contribution >= 0.6 is 23.8 Å². The van der Waals surface area contributed by atoms with Crippen molar-refractivity contribution in [3.05, 3.63) is 28.8 Å². The van der Waals surface area contributed by atoms with Gasteiger partial charge in [-0.2, -0.15) is 5.10 Å². The second-order valence-corrected chi connectivity index (χ2v) is 4.05. The second-order valence-electron chi connectivity index (χ2n) is 3.26.